The first-order valence-electron chi connectivity index (χ1n) is 10.3. The molecule has 0 saturated carbocycles. The summed E-state index contributed by atoms with van der Waals surface area (Å²) in [6.07, 6.45) is 0. The Morgan fingerprint density at radius 2 is 1.32 bits per heavy atom. The van der Waals surface area contributed by atoms with Gasteiger partial charge in [-0.25, -0.2) is 0 Å². The van der Waals surface area contributed by atoms with Gasteiger partial charge in [0.05, 0.1) is 11.6 Å². The van der Waals surface area contributed by atoms with Crippen molar-refractivity contribution in [2.45, 2.75) is 19.3 Å². The molecule has 3 heteroatoms. The van der Waals surface area contributed by atoms with E-state index in [1.54, 1.807) is 0 Å². The molecule has 0 fully saturated rings. The lowest BCUT2D eigenvalue weighted by Crippen LogP contribution is -2.15. The van der Waals surface area contributed by atoms with Crippen molar-refractivity contribution in [3.63, 3.8) is 0 Å². The first-order chi connectivity index (χ1) is 15.0. The molecule has 4 aromatic carbocycles. The van der Waals surface area contributed by atoms with Crippen LogP contribution < -0.4 is 9.47 Å². The first kappa shape index (κ1) is 17.8. The number of rotatable bonds is 1. The number of fused-ring (bicyclic) bond motifs is 5. The van der Waals surface area contributed by atoms with Gasteiger partial charge in [-0.3, -0.25) is 0 Å². The van der Waals surface area contributed by atoms with Gasteiger partial charge in [-0.15, -0.1) is 0 Å². The van der Waals surface area contributed by atoms with E-state index in [0.29, 0.717) is 17.1 Å². The van der Waals surface area contributed by atoms with Crippen molar-refractivity contribution in [1.29, 1.82) is 5.26 Å². The molecule has 0 atom stereocenters. The molecule has 0 saturated heterocycles. The third-order valence-electron chi connectivity index (χ3n) is 6.38. The fourth-order valence-electron chi connectivity index (χ4n) is 4.69. The van der Waals surface area contributed by atoms with E-state index in [2.05, 4.69) is 56.3 Å². The zero-order valence-electron chi connectivity index (χ0n) is 17.3. The molecule has 0 amide bonds. The predicted molar refractivity (Wildman–Crippen MR) is 121 cm³/mol. The Morgan fingerprint density at radius 3 is 2.13 bits per heavy atom. The minimum atomic E-state index is -0.0793. The van der Waals surface area contributed by atoms with Crippen LogP contribution >= 0.6 is 0 Å². The largest absolute Gasteiger partial charge is 0.450 e. The van der Waals surface area contributed by atoms with Gasteiger partial charge in [-0.05, 0) is 69.8 Å². The van der Waals surface area contributed by atoms with E-state index in [9.17, 15) is 0 Å². The third-order valence-corrected chi connectivity index (χ3v) is 6.38. The van der Waals surface area contributed by atoms with Gasteiger partial charge in [-0.1, -0.05) is 56.3 Å². The van der Waals surface area contributed by atoms with Crippen LogP contribution in [0.15, 0.2) is 78.9 Å². The van der Waals surface area contributed by atoms with Crippen LogP contribution in [0.5, 0.6) is 23.0 Å². The molecule has 1 aliphatic heterocycles. The second-order valence-corrected chi connectivity index (χ2v) is 8.57. The molecule has 2 aliphatic rings. The fourth-order valence-corrected chi connectivity index (χ4v) is 4.69. The molecule has 31 heavy (non-hydrogen) atoms. The third kappa shape index (κ3) is 2.59. The Balaban J connectivity index is 1.42. The van der Waals surface area contributed by atoms with Gasteiger partial charge in [0.15, 0.2) is 23.0 Å². The molecule has 148 valence electrons. The van der Waals surface area contributed by atoms with Gasteiger partial charge in [0, 0.05) is 5.41 Å². The molecule has 0 radical (unpaired) electrons. The topological polar surface area (TPSA) is 42.2 Å². The van der Waals surface area contributed by atoms with Crippen LogP contribution in [0.1, 0.15) is 30.5 Å². The van der Waals surface area contributed by atoms with Crippen molar-refractivity contribution in [1.82, 2.24) is 0 Å². The maximum absolute atomic E-state index is 9.02. The number of nitrogens with zero attached hydrogens (tertiary/aromatic N) is 1. The zero-order valence-corrected chi connectivity index (χ0v) is 17.3. The van der Waals surface area contributed by atoms with Crippen molar-refractivity contribution in [2.24, 2.45) is 0 Å². The monoisotopic (exact) mass is 401 g/mol. The molecule has 6 rings (SSSR count). The van der Waals surface area contributed by atoms with E-state index in [4.69, 9.17) is 14.7 Å². The van der Waals surface area contributed by atoms with Crippen LogP contribution in [-0.2, 0) is 5.41 Å². The summed E-state index contributed by atoms with van der Waals surface area (Å²) in [4.78, 5) is 0. The van der Waals surface area contributed by atoms with Gasteiger partial charge >= 0.3 is 0 Å². The van der Waals surface area contributed by atoms with Crippen molar-refractivity contribution in [3.8, 4) is 51.3 Å². The standard InChI is InChI=1S/C28H19NO2/c1-28(2)22-6-4-3-5-20(22)21-14-26-27(15-23(21)28)30-24-12-11-19(13-25(24)31-26)18-9-7-17(16-29)8-10-18/h3-15H,1-2H3. The van der Waals surface area contributed by atoms with Gasteiger partial charge in [0.1, 0.15) is 0 Å². The van der Waals surface area contributed by atoms with E-state index in [0.717, 1.165) is 22.6 Å². The van der Waals surface area contributed by atoms with Crippen LogP contribution in [0.25, 0.3) is 22.3 Å². The van der Waals surface area contributed by atoms with Crippen molar-refractivity contribution < 1.29 is 9.47 Å². The summed E-state index contributed by atoms with van der Waals surface area (Å²) in [5.74, 6) is 2.88. The molecule has 4 aromatic rings. The highest BCUT2D eigenvalue weighted by Crippen LogP contribution is 2.55. The van der Waals surface area contributed by atoms with E-state index < -0.39 is 0 Å². The average molecular weight is 401 g/mol. The number of hydrogen-bond acceptors (Lipinski definition) is 3. The van der Waals surface area contributed by atoms with Crippen LogP contribution in [0, 0.1) is 11.3 Å². The molecule has 0 N–H and O–H groups in total. The summed E-state index contributed by atoms with van der Waals surface area (Å²) in [6, 6.07) is 28.4. The molecule has 0 aromatic heterocycles. The second-order valence-electron chi connectivity index (χ2n) is 8.57. The lowest BCUT2D eigenvalue weighted by Gasteiger charge is -2.25. The smallest absolute Gasteiger partial charge is 0.170 e. The quantitative estimate of drug-likeness (QED) is 0.293. The van der Waals surface area contributed by atoms with E-state index in [1.807, 2.05) is 42.5 Å². The Hall–Kier alpha value is -4.03. The molecule has 1 aliphatic carbocycles. The van der Waals surface area contributed by atoms with E-state index in [1.165, 1.54) is 22.3 Å². The zero-order chi connectivity index (χ0) is 21.2. The molecular formula is C28H19NO2. The summed E-state index contributed by atoms with van der Waals surface area (Å²) in [5.41, 5.74) is 7.66. The first-order valence-corrected chi connectivity index (χ1v) is 10.3. The summed E-state index contributed by atoms with van der Waals surface area (Å²) in [6.45, 7) is 4.51. The normalized spacial score (nSPS) is 14.2. The summed E-state index contributed by atoms with van der Waals surface area (Å²) in [7, 11) is 0. The highest BCUT2D eigenvalue weighted by Gasteiger charge is 2.37. The lowest BCUT2D eigenvalue weighted by atomic mass is 9.82. The Kier molecular flexibility index (Phi) is 3.58. The van der Waals surface area contributed by atoms with Crippen molar-refractivity contribution in [2.75, 3.05) is 0 Å². The molecule has 0 bridgehead atoms. The molecule has 1 heterocycles. The minimum Gasteiger partial charge on any atom is -0.450 e. The van der Waals surface area contributed by atoms with E-state index in [-0.39, 0.29) is 5.41 Å². The van der Waals surface area contributed by atoms with Crippen LogP contribution in [0.2, 0.25) is 0 Å². The summed E-state index contributed by atoms with van der Waals surface area (Å²) < 4.78 is 12.6. The Bertz CT molecular complexity index is 1410. The predicted octanol–water partition coefficient (Wildman–Crippen LogP) is 7.43. The Labute approximate surface area is 181 Å². The maximum atomic E-state index is 9.02. The van der Waals surface area contributed by atoms with Gasteiger partial charge < -0.3 is 9.47 Å². The highest BCUT2D eigenvalue weighted by molar-refractivity contribution is 5.83. The molecule has 0 spiro atoms. The lowest BCUT2D eigenvalue weighted by molar-refractivity contribution is 0.359. The van der Waals surface area contributed by atoms with Crippen LogP contribution in [0.3, 0.4) is 0 Å². The van der Waals surface area contributed by atoms with Gasteiger partial charge in [0.25, 0.3) is 0 Å². The van der Waals surface area contributed by atoms with Crippen molar-refractivity contribution in [3.05, 3.63) is 95.6 Å². The van der Waals surface area contributed by atoms with Gasteiger partial charge in [0.2, 0.25) is 0 Å². The summed E-state index contributed by atoms with van der Waals surface area (Å²) >= 11 is 0. The van der Waals surface area contributed by atoms with Crippen molar-refractivity contribution >= 4 is 0 Å². The fraction of sp³-hybridized carbons (Fsp3) is 0.107. The maximum Gasteiger partial charge on any atom is 0.170 e. The van der Waals surface area contributed by atoms with E-state index >= 15 is 0 Å². The SMILES string of the molecule is CC1(C)c2ccccc2-c2cc3c(cc21)Oc1ccc(-c2ccc(C#N)cc2)cc1O3. The number of benzene rings is 4. The van der Waals surface area contributed by atoms with Crippen LogP contribution in [0.4, 0.5) is 0 Å². The van der Waals surface area contributed by atoms with Crippen LogP contribution in [-0.4, -0.2) is 0 Å². The number of nitriles is 1. The number of hydrogen-bond donors (Lipinski definition) is 0. The molecule has 0 unspecified atom stereocenters. The molecular weight excluding hydrogens is 382 g/mol. The minimum absolute atomic E-state index is 0.0793. The number of ether oxygens (including phenoxy) is 2. The highest BCUT2D eigenvalue weighted by atomic mass is 16.6. The van der Waals surface area contributed by atoms with Gasteiger partial charge in [-0.2, -0.15) is 5.26 Å². The summed E-state index contributed by atoms with van der Waals surface area (Å²) in [5, 5.41) is 9.02. The second kappa shape index (κ2) is 6.23. The molecule has 3 nitrogen and oxygen atoms in total. The Morgan fingerprint density at radius 1 is 0.645 bits per heavy atom. The average Bonchev–Trinajstić information content (AvgIpc) is 3.02.